The minimum Gasteiger partial charge on any atom is -0.447 e. The van der Waals surface area contributed by atoms with Gasteiger partial charge < -0.3 is 4.74 Å². The van der Waals surface area contributed by atoms with E-state index < -0.39 is 12.0 Å². The number of imide groups is 1. The number of rotatable bonds is 6. The van der Waals surface area contributed by atoms with E-state index in [1.54, 1.807) is 12.3 Å². The summed E-state index contributed by atoms with van der Waals surface area (Å²) >= 11 is 0. The SMILES string of the molecule is CCC(C(=O)N1C(=O)OCC1Cc1ccccc1)c1ccc(-c2ccnc3ccc(F)cc23)cc1. The molecule has 1 fully saturated rings. The first-order valence-corrected chi connectivity index (χ1v) is 11.7. The summed E-state index contributed by atoms with van der Waals surface area (Å²) in [6.07, 6.45) is 2.22. The lowest BCUT2D eigenvalue weighted by molar-refractivity contribution is -0.130. The number of amides is 2. The molecule has 176 valence electrons. The molecule has 1 aliphatic rings. The first-order valence-electron chi connectivity index (χ1n) is 11.7. The maximum atomic E-state index is 13.9. The molecule has 2 atom stereocenters. The Balaban J connectivity index is 1.41. The van der Waals surface area contributed by atoms with E-state index in [1.807, 2.05) is 67.6 Å². The molecule has 6 heteroatoms. The van der Waals surface area contributed by atoms with Crippen LogP contribution in [-0.4, -0.2) is 34.5 Å². The number of cyclic esters (lactones) is 1. The minimum atomic E-state index is -0.587. The minimum absolute atomic E-state index is 0.195. The number of aromatic nitrogens is 1. The van der Waals surface area contributed by atoms with Gasteiger partial charge in [-0.25, -0.2) is 14.1 Å². The van der Waals surface area contributed by atoms with Crippen molar-refractivity contribution in [1.82, 2.24) is 9.88 Å². The number of halogens is 1. The number of benzene rings is 3. The van der Waals surface area contributed by atoms with Crippen LogP contribution in [0.3, 0.4) is 0 Å². The average molecular weight is 469 g/mol. The molecule has 2 amide bonds. The summed E-state index contributed by atoms with van der Waals surface area (Å²) in [7, 11) is 0. The first-order chi connectivity index (χ1) is 17.0. The lowest BCUT2D eigenvalue weighted by Gasteiger charge is -2.25. The average Bonchev–Trinajstić information content (AvgIpc) is 3.24. The quantitative estimate of drug-likeness (QED) is 0.342. The summed E-state index contributed by atoms with van der Waals surface area (Å²) in [6, 6.07) is 23.5. The molecule has 35 heavy (non-hydrogen) atoms. The molecule has 5 nitrogen and oxygen atoms in total. The predicted octanol–water partition coefficient (Wildman–Crippen LogP) is 6.12. The van der Waals surface area contributed by atoms with Gasteiger partial charge in [-0.2, -0.15) is 0 Å². The summed E-state index contributed by atoms with van der Waals surface area (Å²) in [5.74, 6) is -1.04. The highest BCUT2D eigenvalue weighted by atomic mass is 19.1. The summed E-state index contributed by atoms with van der Waals surface area (Å²) in [5, 5.41) is 0.729. The molecule has 0 spiro atoms. The Morgan fingerprint density at radius 2 is 1.86 bits per heavy atom. The third-order valence-corrected chi connectivity index (χ3v) is 6.55. The van der Waals surface area contributed by atoms with Crippen molar-refractivity contribution < 1.29 is 18.7 Å². The number of hydrogen-bond acceptors (Lipinski definition) is 4. The van der Waals surface area contributed by atoms with E-state index in [2.05, 4.69) is 4.98 Å². The van der Waals surface area contributed by atoms with Gasteiger partial charge in [0.05, 0.1) is 17.5 Å². The molecule has 1 aromatic heterocycles. The molecule has 3 aromatic carbocycles. The summed E-state index contributed by atoms with van der Waals surface area (Å²) < 4.78 is 19.1. The molecule has 5 rings (SSSR count). The van der Waals surface area contributed by atoms with Crippen molar-refractivity contribution >= 4 is 22.9 Å². The van der Waals surface area contributed by atoms with Crippen LogP contribution in [0.2, 0.25) is 0 Å². The first kappa shape index (κ1) is 22.7. The fraction of sp³-hybridized carbons (Fsp3) is 0.207. The van der Waals surface area contributed by atoms with Gasteiger partial charge in [0.25, 0.3) is 0 Å². The van der Waals surface area contributed by atoms with Crippen molar-refractivity contribution in [2.45, 2.75) is 31.7 Å². The lowest BCUT2D eigenvalue weighted by atomic mass is 9.92. The highest BCUT2D eigenvalue weighted by Gasteiger charge is 2.40. The van der Waals surface area contributed by atoms with Gasteiger partial charge in [-0.3, -0.25) is 9.78 Å². The van der Waals surface area contributed by atoms with Crippen molar-refractivity contribution in [3.8, 4) is 11.1 Å². The van der Waals surface area contributed by atoms with Crippen molar-refractivity contribution in [3.05, 3.63) is 102 Å². The Morgan fingerprint density at radius 3 is 2.60 bits per heavy atom. The van der Waals surface area contributed by atoms with Gasteiger partial charge in [-0.15, -0.1) is 0 Å². The van der Waals surface area contributed by atoms with Gasteiger partial charge >= 0.3 is 6.09 Å². The molecule has 0 N–H and O–H groups in total. The van der Waals surface area contributed by atoms with Gasteiger partial charge in [-0.1, -0.05) is 61.5 Å². The normalized spacial score (nSPS) is 16.3. The molecule has 2 heterocycles. The molecule has 0 saturated carbocycles. The highest BCUT2D eigenvalue weighted by molar-refractivity contribution is 5.97. The Labute approximate surface area is 203 Å². The van der Waals surface area contributed by atoms with Crippen LogP contribution in [0.1, 0.15) is 30.4 Å². The fourth-order valence-electron chi connectivity index (χ4n) is 4.75. The summed E-state index contributed by atoms with van der Waals surface area (Å²) in [5.41, 5.74) is 4.35. The number of nitrogens with zero attached hydrogens (tertiary/aromatic N) is 2. The molecule has 0 radical (unpaired) electrons. The standard InChI is InChI=1S/C29H25FN2O3/c1-2-24(28(33)32-23(18-35-29(32)34)16-19-6-4-3-5-7-19)20-8-10-21(11-9-20)25-14-15-31-27-13-12-22(30)17-26(25)27/h3-15,17,23-24H,2,16,18H2,1H3. The zero-order valence-corrected chi connectivity index (χ0v) is 19.4. The van der Waals surface area contributed by atoms with Gasteiger partial charge in [0.2, 0.25) is 5.91 Å². The van der Waals surface area contributed by atoms with E-state index in [9.17, 15) is 14.0 Å². The maximum absolute atomic E-state index is 13.9. The van der Waals surface area contributed by atoms with Crippen molar-refractivity contribution in [2.24, 2.45) is 0 Å². The Morgan fingerprint density at radius 1 is 1.09 bits per heavy atom. The number of fused-ring (bicyclic) bond motifs is 1. The second kappa shape index (κ2) is 9.66. The molecule has 0 bridgehead atoms. The summed E-state index contributed by atoms with van der Waals surface area (Å²) in [6.45, 7) is 2.13. The van der Waals surface area contributed by atoms with E-state index >= 15 is 0 Å². The second-order valence-electron chi connectivity index (χ2n) is 8.73. The van der Waals surface area contributed by atoms with Crippen LogP contribution in [0.25, 0.3) is 22.0 Å². The van der Waals surface area contributed by atoms with Crippen LogP contribution in [-0.2, 0) is 16.0 Å². The number of carbonyl (C=O) groups is 2. The van der Waals surface area contributed by atoms with Crippen LogP contribution in [0, 0.1) is 5.82 Å². The lowest BCUT2D eigenvalue weighted by Crippen LogP contribution is -2.42. The van der Waals surface area contributed by atoms with Gasteiger partial charge in [0, 0.05) is 11.6 Å². The molecule has 4 aromatic rings. The molecule has 2 unspecified atom stereocenters. The van der Waals surface area contributed by atoms with Crippen molar-refractivity contribution in [3.63, 3.8) is 0 Å². The van der Waals surface area contributed by atoms with E-state index in [0.717, 1.165) is 27.6 Å². The molecule has 1 saturated heterocycles. The van der Waals surface area contributed by atoms with Crippen LogP contribution < -0.4 is 0 Å². The number of ether oxygens (including phenoxy) is 1. The number of pyridine rings is 1. The second-order valence-corrected chi connectivity index (χ2v) is 8.73. The number of carbonyl (C=O) groups excluding carboxylic acids is 2. The van der Waals surface area contributed by atoms with Gasteiger partial charge in [0.1, 0.15) is 12.4 Å². The fourth-order valence-corrected chi connectivity index (χ4v) is 4.75. The van der Waals surface area contributed by atoms with Crippen LogP contribution >= 0.6 is 0 Å². The largest absolute Gasteiger partial charge is 0.447 e. The molecule has 1 aliphatic heterocycles. The zero-order valence-electron chi connectivity index (χ0n) is 19.4. The van der Waals surface area contributed by atoms with Gasteiger partial charge in [-0.05, 0) is 59.4 Å². The third-order valence-electron chi connectivity index (χ3n) is 6.55. The highest BCUT2D eigenvalue weighted by Crippen LogP contribution is 2.31. The van der Waals surface area contributed by atoms with Crippen LogP contribution in [0.15, 0.2) is 85.1 Å². The Hall–Kier alpha value is -4.06. The van der Waals surface area contributed by atoms with E-state index in [4.69, 9.17) is 4.74 Å². The van der Waals surface area contributed by atoms with Gasteiger partial charge in [0.15, 0.2) is 0 Å². The summed E-state index contributed by atoms with van der Waals surface area (Å²) in [4.78, 5) is 31.6. The van der Waals surface area contributed by atoms with Crippen molar-refractivity contribution in [1.29, 1.82) is 0 Å². The van der Waals surface area contributed by atoms with Crippen molar-refractivity contribution in [2.75, 3.05) is 6.61 Å². The van der Waals surface area contributed by atoms with Crippen LogP contribution in [0.4, 0.5) is 9.18 Å². The topological polar surface area (TPSA) is 59.5 Å². The van der Waals surface area contributed by atoms with E-state index in [0.29, 0.717) is 18.4 Å². The molecular formula is C29H25FN2O3. The maximum Gasteiger partial charge on any atom is 0.417 e. The van der Waals surface area contributed by atoms with E-state index in [1.165, 1.54) is 17.0 Å². The predicted molar refractivity (Wildman–Crippen MR) is 132 cm³/mol. The third kappa shape index (κ3) is 4.52. The Kier molecular flexibility index (Phi) is 6.27. The molecule has 0 aliphatic carbocycles. The Bertz CT molecular complexity index is 1370. The zero-order chi connectivity index (χ0) is 24.4. The molecular weight excluding hydrogens is 443 g/mol. The van der Waals surface area contributed by atoms with E-state index in [-0.39, 0.29) is 24.4 Å². The monoisotopic (exact) mass is 468 g/mol. The smallest absolute Gasteiger partial charge is 0.417 e. The van der Waals surface area contributed by atoms with Crippen LogP contribution in [0.5, 0.6) is 0 Å². The number of hydrogen-bond donors (Lipinski definition) is 0.